The van der Waals surface area contributed by atoms with Crippen LogP contribution in [0.2, 0.25) is 0 Å². The minimum absolute atomic E-state index is 0.0619. The number of aromatic nitrogens is 1. The molecule has 0 N–H and O–H groups in total. The fourth-order valence-electron chi connectivity index (χ4n) is 4.47. The van der Waals surface area contributed by atoms with E-state index in [2.05, 4.69) is 39.2 Å². The van der Waals surface area contributed by atoms with Crippen molar-refractivity contribution >= 4 is 22.0 Å². The summed E-state index contributed by atoms with van der Waals surface area (Å²) in [6.45, 7) is 9.41. The number of hydrogen-bond donors (Lipinski definition) is 0. The molecule has 1 amide bonds. The first-order valence-electron chi connectivity index (χ1n) is 11.7. The summed E-state index contributed by atoms with van der Waals surface area (Å²) >= 11 is 0. The zero-order chi connectivity index (χ0) is 24.1. The van der Waals surface area contributed by atoms with Gasteiger partial charge in [0.2, 0.25) is 15.9 Å². The fourth-order valence-corrected chi connectivity index (χ4v) is 6.19. The molecule has 3 heterocycles. The molecule has 0 unspecified atom stereocenters. The van der Waals surface area contributed by atoms with Gasteiger partial charge in [-0.05, 0) is 19.4 Å². The van der Waals surface area contributed by atoms with E-state index in [4.69, 9.17) is 4.52 Å². The molecule has 184 valence electrons. The van der Waals surface area contributed by atoms with E-state index in [1.165, 1.54) is 9.87 Å². The highest BCUT2D eigenvalue weighted by Crippen LogP contribution is 2.24. The van der Waals surface area contributed by atoms with E-state index in [1.807, 2.05) is 18.2 Å². The molecule has 0 atom stereocenters. The highest BCUT2D eigenvalue weighted by molar-refractivity contribution is 7.89. The van der Waals surface area contributed by atoms with Crippen LogP contribution in [0.5, 0.6) is 0 Å². The summed E-state index contributed by atoms with van der Waals surface area (Å²) in [7, 11) is -3.67. The van der Waals surface area contributed by atoms with Gasteiger partial charge < -0.3 is 9.42 Å². The maximum atomic E-state index is 13.0. The van der Waals surface area contributed by atoms with E-state index in [-0.39, 0.29) is 23.9 Å². The average Bonchev–Trinajstić information content (AvgIpc) is 3.19. The number of carbonyl (C=O) groups is 1. The molecule has 34 heavy (non-hydrogen) atoms. The molecule has 0 saturated carbocycles. The maximum absolute atomic E-state index is 13.0. The van der Waals surface area contributed by atoms with Crippen LogP contribution in [0.4, 0.5) is 0 Å². The lowest BCUT2D eigenvalue weighted by molar-refractivity contribution is -0.134. The molecular formula is C24H33N5O4S. The number of sulfonamides is 1. The van der Waals surface area contributed by atoms with Crippen molar-refractivity contribution in [2.45, 2.75) is 18.7 Å². The standard InChI is InChI=1S/C24H33N5O4S/c1-20-24(21(2)33-25-20)34(31,32)29-17-15-28(16-18-29)23(30)19-27-13-11-26(12-14-27)10-6-9-22-7-4-3-5-8-22/h3-9H,10-19H2,1-2H3/b9-6+. The number of rotatable bonds is 7. The first-order chi connectivity index (χ1) is 16.3. The molecule has 9 nitrogen and oxygen atoms in total. The summed E-state index contributed by atoms with van der Waals surface area (Å²) < 4.78 is 32.4. The summed E-state index contributed by atoms with van der Waals surface area (Å²) in [6.07, 6.45) is 4.33. The Morgan fingerprint density at radius 1 is 0.971 bits per heavy atom. The van der Waals surface area contributed by atoms with E-state index < -0.39 is 10.0 Å². The number of carbonyl (C=O) groups excluding carboxylic acids is 1. The monoisotopic (exact) mass is 487 g/mol. The number of amides is 1. The van der Waals surface area contributed by atoms with Gasteiger partial charge >= 0.3 is 0 Å². The van der Waals surface area contributed by atoms with Crippen molar-refractivity contribution in [1.29, 1.82) is 0 Å². The quantitative estimate of drug-likeness (QED) is 0.584. The van der Waals surface area contributed by atoms with Crippen LogP contribution in [0.1, 0.15) is 17.0 Å². The van der Waals surface area contributed by atoms with E-state index >= 15 is 0 Å². The van der Waals surface area contributed by atoms with Crippen LogP contribution in [-0.2, 0) is 14.8 Å². The van der Waals surface area contributed by atoms with Gasteiger partial charge in [-0.1, -0.05) is 47.6 Å². The summed E-state index contributed by atoms with van der Waals surface area (Å²) in [6, 6.07) is 10.3. The SMILES string of the molecule is Cc1noc(C)c1S(=O)(=O)N1CCN(C(=O)CN2CCN(C/C=C/c3ccccc3)CC2)CC1. The van der Waals surface area contributed by atoms with Gasteiger partial charge in [-0.25, -0.2) is 8.42 Å². The fraction of sp³-hybridized carbons (Fsp3) is 0.500. The normalized spacial score (nSPS) is 19.2. The van der Waals surface area contributed by atoms with Crippen LogP contribution in [-0.4, -0.2) is 104 Å². The number of hydrogen-bond acceptors (Lipinski definition) is 7. The summed E-state index contributed by atoms with van der Waals surface area (Å²) in [5.74, 6) is 0.359. The van der Waals surface area contributed by atoms with Crippen molar-refractivity contribution < 1.29 is 17.7 Å². The van der Waals surface area contributed by atoms with Crippen LogP contribution >= 0.6 is 0 Å². The Bertz CT molecular complexity index is 1080. The van der Waals surface area contributed by atoms with Crippen molar-refractivity contribution in [2.24, 2.45) is 0 Å². The molecule has 2 fully saturated rings. The molecule has 0 aliphatic carbocycles. The van der Waals surface area contributed by atoms with Crippen LogP contribution < -0.4 is 0 Å². The van der Waals surface area contributed by atoms with Crippen molar-refractivity contribution in [2.75, 3.05) is 65.4 Å². The maximum Gasteiger partial charge on any atom is 0.248 e. The zero-order valence-electron chi connectivity index (χ0n) is 19.9. The van der Waals surface area contributed by atoms with Gasteiger partial charge in [0.25, 0.3) is 0 Å². The Kier molecular flexibility index (Phi) is 7.82. The van der Waals surface area contributed by atoms with Crippen molar-refractivity contribution in [3.63, 3.8) is 0 Å². The molecule has 1 aromatic carbocycles. The van der Waals surface area contributed by atoms with Gasteiger partial charge in [-0.2, -0.15) is 4.31 Å². The van der Waals surface area contributed by atoms with Gasteiger partial charge in [0.05, 0.1) is 6.54 Å². The molecule has 1 aromatic heterocycles. The lowest BCUT2D eigenvalue weighted by Gasteiger charge is -2.37. The molecule has 2 aromatic rings. The van der Waals surface area contributed by atoms with Crippen LogP contribution in [0.25, 0.3) is 6.08 Å². The second kappa shape index (κ2) is 10.8. The second-order valence-electron chi connectivity index (χ2n) is 8.83. The largest absolute Gasteiger partial charge is 0.360 e. The van der Waals surface area contributed by atoms with Gasteiger partial charge in [-0.15, -0.1) is 0 Å². The number of piperazine rings is 2. The van der Waals surface area contributed by atoms with E-state index in [9.17, 15) is 13.2 Å². The summed E-state index contributed by atoms with van der Waals surface area (Å²) in [5, 5.41) is 3.76. The molecule has 4 rings (SSSR count). The Morgan fingerprint density at radius 2 is 1.62 bits per heavy atom. The third-order valence-electron chi connectivity index (χ3n) is 6.45. The first-order valence-corrected chi connectivity index (χ1v) is 13.2. The molecule has 2 saturated heterocycles. The van der Waals surface area contributed by atoms with E-state index in [0.29, 0.717) is 31.1 Å². The molecule has 2 aliphatic rings. The Morgan fingerprint density at radius 3 is 2.24 bits per heavy atom. The van der Waals surface area contributed by atoms with Gasteiger partial charge in [-0.3, -0.25) is 14.6 Å². The number of benzene rings is 1. The highest BCUT2D eigenvalue weighted by atomic mass is 32.2. The third-order valence-corrected chi connectivity index (χ3v) is 8.60. The zero-order valence-corrected chi connectivity index (χ0v) is 20.7. The van der Waals surface area contributed by atoms with E-state index in [1.54, 1.807) is 18.7 Å². The van der Waals surface area contributed by atoms with Gasteiger partial charge in [0.1, 0.15) is 10.6 Å². The van der Waals surface area contributed by atoms with Crippen LogP contribution in [0, 0.1) is 13.8 Å². The van der Waals surface area contributed by atoms with Crippen LogP contribution in [0.15, 0.2) is 45.8 Å². The minimum Gasteiger partial charge on any atom is -0.360 e. The topological polar surface area (TPSA) is 90.2 Å². The molecule has 2 aliphatic heterocycles. The second-order valence-corrected chi connectivity index (χ2v) is 10.7. The Balaban J connectivity index is 1.20. The molecule has 10 heteroatoms. The van der Waals surface area contributed by atoms with Gasteiger partial charge in [0.15, 0.2) is 5.76 Å². The first kappa shape index (κ1) is 24.6. The lowest BCUT2D eigenvalue weighted by atomic mass is 10.2. The molecular weight excluding hydrogens is 454 g/mol. The lowest BCUT2D eigenvalue weighted by Crippen LogP contribution is -2.54. The minimum atomic E-state index is -3.67. The van der Waals surface area contributed by atoms with Crippen molar-refractivity contribution in [1.82, 2.24) is 24.2 Å². The molecule has 0 spiro atoms. The van der Waals surface area contributed by atoms with E-state index in [0.717, 1.165) is 32.7 Å². The third kappa shape index (κ3) is 5.75. The van der Waals surface area contributed by atoms with Gasteiger partial charge in [0, 0.05) is 58.9 Å². The van der Waals surface area contributed by atoms with Crippen LogP contribution in [0.3, 0.4) is 0 Å². The molecule has 0 radical (unpaired) electrons. The Labute approximate surface area is 201 Å². The smallest absolute Gasteiger partial charge is 0.248 e. The predicted molar refractivity (Wildman–Crippen MR) is 130 cm³/mol. The number of nitrogens with zero attached hydrogens (tertiary/aromatic N) is 5. The highest BCUT2D eigenvalue weighted by Gasteiger charge is 2.34. The van der Waals surface area contributed by atoms with Crippen molar-refractivity contribution in [3.05, 3.63) is 53.4 Å². The summed E-state index contributed by atoms with van der Waals surface area (Å²) in [4.78, 5) is 19.3. The summed E-state index contributed by atoms with van der Waals surface area (Å²) in [5.41, 5.74) is 1.57. The number of aryl methyl sites for hydroxylation is 2. The average molecular weight is 488 g/mol. The molecule has 0 bridgehead atoms. The van der Waals surface area contributed by atoms with Crippen molar-refractivity contribution in [3.8, 4) is 0 Å². The predicted octanol–water partition coefficient (Wildman–Crippen LogP) is 1.46. The Hall–Kier alpha value is -2.53.